The lowest BCUT2D eigenvalue weighted by molar-refractivity contribution is -0.119. The lowest BCUT2D eigenvalue weighted by Gasteiger charge is -2.10. The summed E-state index contributed by atoms with van der Waals surface area (Å²) in [5.41, 5.74) is 7.72. The molecule has 1 unspecified atom stereocenters. The third-order valence-corrected chi connectivity index (χ3v) is 2.63. The van der Waals surface area contributed by atoms with Gasteiger partial charge >= 0.3 is 0 Å². The van der Waals surface area contributed by atoms with Gasteiger partial charge in [-0.2, -0.15) is 0 Å². The van der Waals surface area contributed by atoms with Crippen LogP contribution in [0.15, 0.2) is 54.9 Å². The molecule has 1 aromatic carbocycles. The minimum atomic E-state index is -0.552. The number of ketones is 1. The number of carbonyl (C=O) groups is 1. The Morgan fingerprint density at radius 1 is 1.12 bits per heavy atom. The van der Waals surface area contributed by atoms with Crippen molar-refractivity contribution in [2.24, 2.45) is 5.73 Å². The van der Waals surface area contributed by atoms with Crippen LogP contribution in [0.25, 0.3) is 0 Å². The summed E-state index contributed by atoms with van der Waals surface area (Å²) in [6.45, 7) is 0. The SMILES string of the molecule is NC(C(=O)Cc1ccncc1)c1ccccc1. The Kier molecular flexibility index (Phi) is 3.62. The molecule has 0 amide bonds. The summed E-state index contributed by atoms with van der Waals surface area (Å²) >= 11 is 0. The highest BCUT2D eigenvalue weighted by Crippen LogP contribution is 2.13. The lowest BCUT2D eigenvalue weighted by atomic mass is 9.99. The second kappa shape index (κ2) is 5.37. The van der Waals surface area contributed by atoms with Gasteiger partial charge in [-0.25, -0.2) is 0 Å². The van der Waals surface area contributed by atoms with Gasteiger partial charge in [0.25, 0.3) is 0 Å². The molecule has 0 radical (unpaired) electrons. The van der Waals surface area contributed by atoms with E-state index in [1.54, 1.807) is 12.4 Å². The van der Waals surface area contributed by atoms with Crippen LogP contribution in [0.2, 0.25) is 0 Å². The fraction of sp³-hybridized carbons (Fsp3) is 0.143. The number of rotatable bonds is 4. The largest absolute Gasteiger partial charge is 0.318 e. The maximum Gasteiger partial charge on any atom is 0.158 e. The smallest absolute Gasteiger partial charge is 0.158 e. The Bertz CT molecular complexity index is 482. The van der Waals surface area contributed by atoms with Gasteiger partial charge < -0.3 is 5.73 Å². The van der Waals surface area contributed by atoms with Gasteiger partial charge in [-0.1, -0.05) is 30.3 Å². The monoisotopic (exact) mass is 226 g/mol. The highest BCUT2D eigenvalue weighted by molar-refractivity contribution is 5.86. The molecule has 3 heteroatoms. The van der Waals surface area contributed by atoms with E-state index in [-0.39, 0.29) is 5.78 Å². The first-order chi connectivity index (χ1) is 8.27. The van der Waals surface area contributed by atoms with Crippen LogP contribution in [-0.4, -0.2) is 10.8 Å². The maximum absolute atomic E-state index is 12.0. The van der Waals surface area contributed by atoms with Crippen LogP contribution in [0, 0.1) is 0 Å². The van der Waals surface area contributed by atoms with Crippen LogP contribution in [0.3, 0.4) is 0 Å². The van der Waals surface area contributed by atoms with Crippen molar-refractivity contribution in [3.63, 3.8) is 0 Å². The summed E-state index contributed by atoms with van der Waals surface area (Å²) in [5, 5.41) is 0. The zero-order valence-corrected chi connectivity index (χ0v) is 9.41. The molecule has 3 nitrogen and oxygen atoms in total. The molecule has 0 aliphatic carbocycles. The molecule has 1 heterocycles. The van der Waals surface area contributed by atoms with E-state index in [2.05, 4.69) is 4.98 Å². The molecule has 0 saturated heterocycles. The first-order valence-corrected chi connectivity index (χ1v) is 5.49. The Balaban J connectivity index is 2.06. The zero-order chi connectivity index (χ0) is 12.1. The van der Waals surface area contributed by atoms with Crippen LogP contribution < -0.4 is 5.73 Å². The quantitative estimate of drug-likeness (QED) is 0.866. The fourth-order valence-corrected chi connectivity index (χ4v) is 1.66. The van der Waals surface area contributed by atoms with Crippen molar-refractivity contribution in [1.82, 2.24) is 4.98 Å². The first-order valence-electron chi connectivity index (χ1n) is 5.49. The molecule has 1 aromatic heterocycles. The van der Waals surface area contributed by atoms with Crippen molar-refractivity contribution >= 4 is 5.78 Å². The molecule has 0 spiro atoms. The lowest BCUT2D eigenvalue weighted by Crippen LogP contribution is -2.23. The minimum Gasteiger partial charge on any atom is -0.318 e. The van der Waals surface area contributed by atoms with E-state index >= 15 is 0 Å². The predicted molar refractivity (Wildman–Crippen MR) is 66.3 cm³/mol. The van der Waals surface area contributed by atoms with Gasteiger partial charge in [0, 0.05) is 18.8 Å². The summed E-state index contributed by atoms with van der Waals surface area (Å²) < 4.78 is 0. The van der Waals surface area contributed by atoms with Gasteiger partial charge in [0.15, 0.2) is 5.78 Å². The Morgan fingerprint density at radius 3 is 2.41 bits per heavy atom. The van der Waals surface area contributed by atoms with E-state index in [0.29, 0.717) is 6.42 Å². The molecule has 86 valence electrons. The molecule has 1 atom stereocenters. The van der Waals surface area contributed by atoms with E-state index in [0.717, 1.165) is 11.1 Å². The summed E-state index contributed by atoms with van der Waals surface area (Å²) in [4.78, 5) is 15.9. The number of nitrogens with two attached hydrogens (primary N) is 1. The highest BCUT2D eigenvalue weighted by Gasteiger charge is 2.15. The van der Waals surface area contributed by atoms with Crippen molar-refractivity contribution in [2.45, 2.75) is 12.5 Å². The van der Waals surface area contributed by atoms with Gasteiger partial charge in [-0.3, -0.25) is 9.78 Å². The summed E-state index contributed by atoms with van der Waals surface area (Å²) in [6.07, 6.45) is 3.70. The topological polar surface area (TPSA) is 56.0 Å². The van der Waals surface area contributed by atoms with Crippen molar-refractivity contribution < 1.29 is 4.79 Å². The standard InChI is InChI=1S/C14H14N2O/c15-14(12-4-2-1-3-5-12)13(17)10-11-6-8-16-9-7-11/h1-9,14H,10,15H2. The van der Waals surface area contributed by atoms with E-state index < -0.39 is 6.04 Å². The van der Waals surface area contributed by atoms with E-state index in [1.807, 2.05) is 42.5 Å². The van der Waals surface area contributed by atoms with Crippen molar-refractivity contribution in [3.05, 3.63) is 66.0 Å². The molecule has 0 fully saturated rings. The molecule has 0 aliphatic rings. The Hall–Kier alpha value is -2.00. The summed E-state index contributed by atoms with van der Waals surface area (Å²) in [6, 6.07) is 12.5. The van der Waals surface area contributed by atoms with Gasteiger partial charge in [0.2, 0.25) is 0 Å². The van der Waals surface area contributed by atoms with Crippen molar-refractivity contribution in [1.29, 1.82) is 0 Å². The van der Waals surface area contributed by atoms with Gasteiger partial charge in [-0.05, 0) is 23.3 Å². The number of hydrogen-bond acceptors (Lipinski definition) is 3. The van der Waals surface area contributed by atoms with Crippen LogP contribution in [-0.2, 0) is 11.2 Å². The minimum absolute atomic E-state index is 0.0161. The molecule has 0 aliphatic heterocycles. The van der Waals surface area contributed by atoms with Crippen LogP contribution in [0.1, 0.15) is 17.2 Å². The van der Waals surface area contributed by atoms with Crippen LogP contribution in [0.4, 0.5) is 0 Å². The van der Waals surface area contributed by atoms with Crippen molar-refractivity contribution in [2.75, 3.05) is 0 Å². The molecule has 0 saturated carbocycles. The molecule has 2 rings (SSSR count). The average Bonchev–Trinajstić information content (AvgIpc) is 2.40. The average molecular weight is 226 g/mol. The second-order valence-electron chi connectivity index (χ2n) is 3.89. The number of carbonyl (C=O) groups excluding carboxylic acids is 1. The predicted octanol–water partition coefficient (Wildman–Crippen LogP) is 1.89. The number of nitrogens with zero attached hydrogens (tertiary/aromatic N) is 1. The number of aromatic nitrogens is 1. The zero-order valence-electron chi connectivity index (χ0n) is 9.41. The summed E-state index contributed by atoms with van der Waals surface area (Å²) in [5.74, 6) is 0.0161. The molecule has 2 aromatic rings. The van der Waals surface area contributed by atoms with E-state index in [9.17, 15) is 4.79 Å². The third-order valence-electron chi connectivity index (χ3n) is 2.63. The molecule has 2 N–H and O–H groups in total. The maximum atomic E-state index is 12.0. The Morgan fingerprint density at radius 2 is 1.76 bits per heavy atom. The summed E-state index contributed by atoms with van der Waals surface area (Å²) in [7, 11) is 0. The fourth-order valence-electron chi connectivity index (χ4n) is 1.66. The molecular weight excluding hydrogens is 212 g/mol. The normalized spacial score (nSPS) is 12.1. The van der Waals surface area contributed by atoms with Gasteiger partial charge in [0.1, 0.15) is 0 Å². The van der Waals surface area contributed by atoms with Crippen LogP contribution in [0.5, 0.6) is 0 Å². The second-order valence-corrected chi connectivity index (χ2v) is 3.89. The molecule has 17 heavy (non-hydrogen) atoms. The van der Waals surface area contributed by atoms with Crippen LogP contribution >= 0.6 is 0 Å². The molecular formula is C14H14N2O. The number of hydrogen-bond donors (Lipinski definition) is 1. The first kappa shape index (κ1) is 11.5. The number of pyridine rings is 1. The van der Waals surface area contributed by atoms with Crippen molar-refractivity contribution in [3.8, 4) is 0 Å². The van der Waals surface area contributed by atoms with Gasteiger partial charge in [0.05, 0.1) is 6.04 Å². The van der Waals surface area contributed by atoms with E-state index in [1.165, 1.54) is 0 Å². The Labute approximate surface area is 100 Å². The third kappa shape index (κ3) is 2.98. The van der Waals surface area contributed by atoms with Gasteiger partial charge in [-0.15, -0.1) is 0 Å². The highest BCUT2D eigenvalue weighted by atomic mass is 16.1. The van der Waals surface area contributed by atoms with E-state index in [4.69, 9.17) is 5.73 Å². The number of benzene rings is 1. The molecule has 0 bridgehead atoms. The number of Topliss-reactive ketones (excluding diaryl/α,β-unsaturated/α-hetero) is 1.